The number of amides is 1. The van der Waals surface area contributed by atoms with Gasteiger partial charge in [-0.1, -0.05) is 6.92 Å². The highest BCUT2D eigenvalue weighted by Crippen LogP contribution is 2.36. The predicted octanol–water partition coefficient (Wildman–Crippen LogP) is 3.00. The van der Waals surface area contributed by atoms with E-state index in [9.17, 15) is 4.79 Å². The van der Waals surface area contributed by atoms with Crippen LogP contribution in [0.5, 0.6) is 0 Å². The number of benzene rings is 1. The summed E-state index contributed by atoms with van der Waals surface area (Å²) < 4.78 is 3.55. The average molecular weight is 400 g/mol. The Balaban J connectivity index is 2.06. The summed E-state index contributed by atoms with van der Waals surface area (Å²) in [5.74, 6) is -0.0208. The molecule has 104 valence electrons. The quantitative estimate of drug-likeness (QED) is 0.833. The first-order valence-corrected chi connectivity index (χ1v) is 7.77. The van der Waals surface area contributed by atoms with Gasteiger partial charge < -0.3 is 10.6 Å². The normalized spacial score (nSPS) is 17.1. The topological polar surface area (TPSA) is 59.0 Å². The number of nitrogens with zero attached hydrogens (tertiary/aromatic N) is 2. The van der Waals surface area contributed by atoms with Crippen molar-refractivity contribution in [2.45, 2.75) is 13.0 Å². The molecule has 1 amide bonds. The molecule has 5 nitrogen and oxygen atoms in total. The lowest BCUT2D eigenvalue weighted by molar-refractivity contribution is -0.117. The van der Waals surface area contributed by atoms with Crippen molar-refractivity contribution in [2.75, 3.05) is 11.9 Å². The van der Waals surface area contributed by atoms with Gasteiger partial charge in [-0.15, -0.1) is 0 Å². The summed E-state index contributed by atoms with van der Waals surface area (Å²) in [6.45, 7) is 2.72. The Labute approximate surface area is 133 Å². The monoisotopic (exact) mass is 398 g/mol. The van der Waals surface area contributed by atoms with Gasteiger partial charge in [-0.2, -0.15) is 5.10 Å². The third-order valence-corrected chi connectivity index (χ3v) is 4.20. The van der Waals surface area contributed by atoms with Crippen LogP contribution in [0.2, 0.25) is 0 Å². The van der Waals surface area contributed by atoms with E-state index < -0.39 is 0 Å². The molecule has 0 spiro atoms. The highest BCUT2D eigenvalue weighted by Gasteiger charge is 2.30. The van der Waals surface area contributed by atoms with E-state index in [1.165, 1.54) is 0 Å². The molecule has 0 saturated carbocycles. The number of anilines is 1. The number of hydrogen-bond acceptors (Lipinski definition) is 3. The standard InChI is InChI=1S/C13H12Br2N4O/c1-2-16-12-8-3-9(15)11(4-10(8)18-13(12)20)19-6-7(14)5-17-19/h3-6,12,16H,2H2,1H3,(H,18,20). The molecular weight excluding hydrogens is 388 g/mol. The van der Waals surface area contributed by atoms with Crippen LogP contribution in [-0.4, -0.2) is 22.2 Å². The molecule has 3 rings (SSSR count). The maximum absolute atomic E-state index is 12.0. The van der Waals surface area contributed by atoms with E-state index in [-0.39, 0.29) is 11.9 Å². The molecule has 0 saturated heterocycles. The number of aromatic nitrogens is 2. The maximum atomic E-state index is 12.0. The number of halogens is 2. The Hall–Kier alpha value is -1.18. The second-order valence-corrected chi connectivity index (χ2v) is 6.24. The molecule has 2 aromatic rings. The first kappa shape index (κ1) is 13.8. The fraction of sp³-hybridized carbons (Fsp3) is 0.231. The zero-order valence-corrected chi connectivity index (χ0v) is 13.8. The first-order valence-electron chi connectivity index (χ1n) is 6.18. The summed E-state index contributed by atoms with van der Waals surface area (Å²) in [4.78, 5) is 12.0. The fourth-order valence-corrected chi connectivity index (χ4v) is 3.11. The number of carbonyl (C=O) groups is 1. The third kappa shape index (κ3) is 2.30. The summed E-state index contributed by atoms with van der Waals surface area (Å²) in [6, 6.07) is 3.60. The highest BCUT2D eigenvalue weighted by molar-refractivity contribution is 9.10. The van der Waals surface area contributed by atoms with E-state index >= 15 is 0 Å². The lowest BCUT2D eigenvalue weighted by atomic mass is 10.1. The average Bonchev–Trinajstić information content (AvgIpc) is 2.95. The van der Waals surface area contributed by atoms with Crippen LogP contribution >= 0.6 is 31.9 Å². The molecule has 1 atom stereocenters. The molecule has 2 heterocycles. The van der Waals surface area contributed by atoms with Crippen LogP contribution < -0.4 is 10.6 Å². The Morgan fingerprint density at radius 2 is 2.25 bits per heavy atom. The molecule has 0 aliphatic carbocycles. The van der Waals surface area contributed by atoms with Crippen molar-refractivity contribution < 1.29 is 4.79 Å². The fourth-order valence-electron chi connectivity index (χ4n) is 2.29. The summed E-state index contributed by atoms with van der Waals surface area (Å²) in [5, 5.41) is 10.3. The minimum Gasteiger partial charge on any atom is -0.324 e. The van der Waals surface area contributed by atoms with Crippen LogP contribution in [0.4, 0.5) is 5.69 Å². The number of fused-ring (bicyclic) bond motifs is 1. The van der Waals surface area contributed by atoms with E-state index in [2.05, 4.69) is 47.6 Å². The number of carbonyl (C=O) groups excluding carboxylic acids is 1. The summed E-state index contributed by atoms with van der Waals surface area (Å²) >= 11 is 6.93. The van der Waals surface area contributed by atoms with Gasteiger partial charge in [-0.3, -0.25) is 4.79 Å². The molecule has 1 unspecified atom stereocenters. The molecule has 1 aromatic heterocycles. The van der Waals surface area contributed by atoms with Gasteiger partial charge >= 0.3 is 0 Å². The molecule has 0 bridgehead atoms. The Kier molecular flexibility index (Phi) is 3.66. The van der Waals surface area contributed by atoms with Crippen molar-refractivity contribution in [1.29, 1.82) is 0 Å². The minimum absolute atomic E-state index is 0.0208. The molecule has 0 fully saturated rings. The van der Waals surface area contributed by atoms with E-state index in [0.717, 1.165) is 32.4 Å². The third-order valence-electron chi connectivity index (χ3n) is 3.16. The van der Waals surface area contributed by atoms with Crippen molar-refractivity contribution in [3.05, 3.63) is 39.0 Å². The lowest BCUT2D eigenvalue weighted by Crippen LogP contribution is -2.27. The van der Waals surface area contributed by atoms with E-state index in [0.29, 0.717) is 0 Å². The van der Waals surface area contributed by atoms with Crippen molar-refractivity contribution in [2.24, 2.45) is 0 Å². The molecule has 0 radical (unpaired) electrons. The van der Waals surface area contributed by atoms with Crippen LogP contribution in [0.25, 0.3) is 5.69 Å². The predicted molar refractivity (Wildman–Crippen MR) is 84.0 cm³/mol. The minimum atomic E-state index is -0.287. The molecule has 2 N–H and O–H groups in total. The number of hydrogen-bond donors (Lipinski definition) is 2. The van der Waals surface area contributed by atoms with Crippen LogP contribution in [0.1, 0.15) is 18.5 Å². The van der Waals surface area contributed by atoms with Gasteiger partial charge in [-0.25, -0.2) is 4.68 Å². The van der Waals surface area contributed by atoms with Crippen LogP contribution in [-0.2, 0) is 4.79 Å². The molecule has 1 aliphatic heterocycles. The van der Waals surface area contributed by atoms with Gasteiger partial charge in [0.1, 0.15) is 6.04 Å². The van der Waals surface area contributed by atoms with E-state index in [4.69, 9.17) is 0 Å². The highest BCUT2D eigenvalue weighted by atomic mass is 79.9. The van der Waals surface area contributed by atoms with Crippen molar-refractivity contribution in [3.63, 3.8) is 0 Å². The lowest BCUT2D eigenvalue weighted by Gasteiger charge is -2.11. The van der Waals surface area contributed by atoms with Crippen LogP contribution in [0.3, 0.4) is 0 Å². The van der Waals surface area contributed by atoms with Gasteiger partial charge in [0.2, 0.25) is 5.91 Å². The van der Waals surface area contributed by atoms with Gasteiger partial charge in [-0.05, 0) is 50.5 Å². The smallest absolute Gasteiger partial charge is 0.246 e. The molecular formula is C13H12Br2N4O. The van der Waals surface area contributed by atoms with Crippen molar-refractivity contribution in [1.82, 2.24) is 15.1 Å². The number of rotatable bonds is 3. The second kappa shape index (κ2) is 5.31. The number of likely N-dealkylation sites (N-methyl/N-ethyl adjacent to an activating group) is 1. The van der Waals surface area contributed by atoms with Crippen LogP contribution in [0, 0.1) is 0 Å². The van der Waals surface area contributed by atoms with Crippen molar-refractivity contribution in [3.8, 4) is 5.69 Å². The Morgan fingerprint density at radius 1 is 1.45 bits per heavy atom. The first-order chi connectivity index (χ1) is 9.60. The summed E-state index contributed by atoms with van der Waals surface area (Å²) in [6.07, 6.45) is 3.59. The Morgan fingerprint density at radius 3 is 2.90 bits per heavy atom. The summed E-state index contributed by atoms with van der Waals surface area (Å²) in [5.41, 5.74) is 2.66. The number of nitrogens with one attached hydrogen (secondary N) is 2. The molecule has 1 aromatic carbocycles. The Bertz CT molecular complexity index is 683. The van der Waals surface area contributed by atoms with Crippen LogP contribution in [0.15, 0.2) is 33.5 Å². The second-order valence-electron chi connectivity index (χ2n) is 4.47. The summed E-state index contributed by atoms with van der Waals surface area (Å²) in [7, 11) is 0. The van der Waals surface area contributed by atoms with E-state index in [1.54, 1.807) is 10.9 Å². The van der Waals surface area contributed by atoms with Crippen molar-refractivity contribution >= 4 is 43.5 Å². The zero-order chi connectivity index (χ0) is 14.3. The maximum Gasteiger partial charge on any atom is 0.246 e. The van der Waals surface area contributed by atoms with E-state index in [1.807, 2.05) is 25.3 Å². The molecule has 1 aliphatic rings. The largest absolute Gasteiger partial charge is 0.324 e. The van der Waals surface area contributed by atoms with Gasteiger partial charge in [0.25, 0.3) is 0 Å². The zero-order valence-electron chi connectivity index (χ0n) is 10.7. The van der Waals surface area contributed by atoms with Gasteiger partial charge in [0.05, 0.1) is 16.4 Å². The van der Waals surface area contributed by atoms with Gasteiger partial charge in [0, 0.05) is 21.9 Å². The molecule has 7 heteroatoms. The SMILES string of the molecule is CCNC1C(=O)Nc2cc(-n3cc(Br)cn3)c(Br)cc21. The molecule has 20 heavy (non-hydrogen) atoms. The van der Waals surface area contributed by atoms with Gasteiger partial charge in [0.15, 0.2) is 0 Å².